The maximum Gasteiger partial charge on any atom is 0.169 e. The van der Waals surface area contributed by atoms with E-state index in [0.717, 1.165) is 10.4 Å². The van der Waals surface area contributed by atoms with E-state index in [1.54, 1.807) is 0 Å². The van der Waals surface area contributed by atoms with E-state index in [1.165, 1.54) is 25.9 Å². The second-order valence-corrected chi connectivity index (χ2v) is 5.39. The van der Waals surface area contributed by atoms with Gasteiger partial charge in [-0.1, -0.05) is 0 Å². The van der Waals surface area contributed by atoms with Crippen LogP contribution in [0.4, 0.5) is 0 Å². The van der Waals surface area contributed by atoms with Crippen LogP contribution in [0.1, 0.15) is 31.6 Å². The summed E-state index contributed by atoms with van der Waals surface area (Å²) in [4.78, 5) is 2.38. The third-order valence-corrected chi connectivity index (χ3v) is 3.65. The van der Waals surface area contributed by atoms with Gasteiger partial charge in [0.1, 0.15) is 5.76 Å². The van der Waals surface area contributed by atoms with Gasteiger partial charge < -0.3 is 14.6 Å². The maximum atomic E-state index is 5.55. The lowest BCUT2D eigenvalue weighted by Gasteiger charge is -2.31. The lowest BCUT2D eigenvalue weighted by atomic mass is 10.0. The summed E-state index contributed by atoms with van der Waals surface area (Å²) in [5, 5.41) is 3.63. The van der Waals surface area contributed by atoms with Crippen LogP contribution in [0.5, 0.6) is 0 Å². The van der Waals surface area contributed by atoms with Crippen molar-refractivity contribution in [1.29, 1.82) is 0 Å². The Bertz CT molecular complexity index is 332. The molecule has 1 unspecified atom stereocenters. The third-order valence-electron chi connectivity index (χ3n) is 3.23. The van der Waals surface area contributed by atoms with Gasteiger partial charge in [-0.25, -0.2) is 0 Å². The highest BCUT2D eigenvalue weighted by Crippen LogP contribution is 2.21. The van der Waals surface area contributed by atoms with Gasteiger partial charge in [0.05, 0.1) is 6.04 Å². The number of hydrogen-bond acceptors (Lipinski definition) is 3. The van der Waals surface area contributed by atoms with Crippen molar-refractivity contribution in [2.24, 2.45) is 0 Å². The van der Waals surface area contributed by atoms with Crippen molar-refractivity contribution in [3.63, 3.8) is 0 Å². The van der Waals surface area contributed by atoms with Crippen LogP contribution in [0.3, 0.4) is 0 Å². The fourth-order valence-electron chi connectivity index (χ4n) is 2.17. The zero-order valence-corrected chi connectivity index (χ0v) is 11.5. The molecule has 0 aromatic carbocycles. The summed E-state index contributed by atoms with van der Waals surface area (Å²) in [5.41, 5.74) is 0. The Morgan fingerprint density at radius 2 is 2.12 bits per heavy atom. The highest BCUT2D eigenvalue weighted by molar-refractivity contribution is 9.10. The number of halogens is 1. The minimum atomic E-state index is 0.291. The van der Waals surface area contributed by atoms with Crippen LogP contribution in [0, 0.1) is 0 Å². The van der Waals surface area contributed by atoms with Crippen molar-refractivity contribution in [3.8, 4) is 0 Å². The lowest BCUT2D eigenvalue weighted by molar-refractivity contribution is 0.222. The molecular formula is C12H19BrN2O. The average molecular weight is 287 g/mol. The van der Waals surface area contributed by atoms with E-state index in [9.17, 15) is 0 Å². The van der Waals surface area contributed by atoms with Gasteiger partial charge in [-0.15, -0.1) is 0 Å². The molecule has 1 fully saturated rings. The molecule has 16 heavy (non-hydrogen) atoms. The number of rotatable bonds is 3. The molecule has 1 aliphatic heterocycles. The summed E-state index contributed by atoms with van der Waals surface area (Å²) in [6.07, 6.45) is 2.45. The standard InChI is InChI=1S/C12H19BrN2O/c1-9(11-3-4-12(13)16-11)14-10-5-7-15(2)8-6-10/h3-4,9-10,14H,5-8H2,1-2H3. The molecule has 4 heteroatoms. The summed E-state index contributed by atoms with van der Waals surface area (Å²) >= 11 is 3.33. The van der Waals surface area contributed by atoms with Gasteiger partial charge in [0, 0.05) is 6.04 Å². The fourth-order valence-corrected chi connectivity index (χ4v) is 2.49. The van der Waals surface area contributed by atoms with Crippen LogP contribution in [-0.4, -0.2) is 31.1 Å². The molecule has 0 saturated carbocycles. The lowest BCUT2D eigenvalue weighted by Crippen LogP contribution is -2.41. The van der Waals surface area contributed by atoms with Gasteiger partial charge >= 0.3 is 0 Å². The van der Waals surface area contributed by atoms with Crippen LogP contribution in [0.25, 0.3) is 0 Å². The molecule has 0 radical (unpaired) electrons. The Morgan fingerprint density at radius 3 is 2.69 bits per heavy atom. The zero-order chi connectivity index (χ0) is 11.5. The topological polar surface area (TPSA) is 28.4 Å². The molecule has 1 aromatic heterocycles. The molecule has 0 spiro atoms. The molecule has 0 amide bonds. The number of nitrogens with zero attached hydrogens (tertiary/aromatic N) is 1. The average Bonchev–Trinajstić information content (AvgIpc) is 2.68. The van der Waals surface area contributed by atoms with Crippen LogP contribution in [0.2, 0.25) is 0 Å². The van der Waals surface area contributed by atoms with E-state index >= 15 is 0 Å². The van der Waals surface area contributed by atoms with Crippen molar-refractivity contribution in [2.75, 3.05) is 20.1 Å². The largest absolute Gasteiger partial charge is 0.453 e. The minimum absolute atomic E-state index is 0.291. The Balaban J connectivity index is 1.85. The van der Waals surface area contributed by atoms with Gasteiger partial charge in [0.2, 0.25) is 0 Å². The van der Waals surface area contributed by atoms with Crippen molar-refractivity contribution >= 4 is 15.9 Å². The van der Waals surface area contributed by atoms with Crippen molar-refractivity contribution in [3.05, 3.63) is 22.6 Å². The molecule has 1 aromatic rings. The first kappa shape index (κ1) is 12.1. The van der Waals surface area contributed by atoms with Gasteiger partial charge in [-0.05, 0) is 68.0 Å². The second kappa shape index (κ2) is 5.34. The quantitative estimate of drug-likeness (QED) is 0.926. The van der Waals surface area contributed by atoms with Gasteiger partial charge in [0.15, 0.2) is 4.67 Å². The number of hydrogen-bond donors (Lipinski definition) is 1. The van der Waals surface area contributed by atoms with E-state index in [2.05, 4.69) is 40.1 Å². The van der Waals surface area contributed by atoms with Gasteiger partial charge in [0.25, 0.3) is 0 Å². The van der Waals surface area contributed by atoms with Gasteiger partial charge in [-0.3, -0.25) is 0 Å². The van der Waals surface area contributed by atoms with E-state index in [1.807, 2.05) is 12.1 Å². The fraction of sp³-hybridized carbons (Fsp3) is 0.667. The van der Waals surface area contributed by atoms with Crippen molar-refractivity contribution in [2.45, 2.75) is 31.8 Å². The highest BCUT2D eigenvalue weighted by Gasteiger charge is 2.19. The molecular weight excluding hydrogens is 268 g/mol. The molecule has 1 atom stereocenters. The van der Waals surface area contributed by atoms with E-state index in [4.69, 9.17) is 4.42 Å². The summed E-state index contributed by atoms with van der Waals surface area (Å²) in [6, 6.07) is 4.88. The molecule has 0 bridgehead atoms. The van der Waals surface area contributed by atoms with Crippen LogP contribution in [0.15, 0.2) is 21.2 Å². The molecule has 2 rings (SSSR count). The molecule has 1 saturated heterocycles. The monoisotopic (exact) mass is 286 g/mol. The second-order valence-electron chi connectivity index (χ2n) is 4.61. The zero-order valence-electron chi connectivity index (χ0n) is 9.87. The number of piperidine rings is 1. The molecule has 0 aliphatic carbocycles. The van der Waals surface area contributed by atoms with E-state index < -0.39 is 0 Å². The Kier molecular flexibility index (Phi) is 4.05. The Labute approximate surface area is 105 Å². The number of furan rings is 1. The normalized spacial score (nSPS) is 21.2. The molecule has 1 N–H and O–H groups in total. The predicted molar refractivity (Wildman–Crippen MR) is 68.5 cm³/mol. The first-order valence-electron chi connectivity index (χ1n) is 5.85. The van der Waals surface area contributed by atoms with E-state index in [0.29, 0.717) is 12.1 Å². The Morgan fingerprint density at radius 1 is 1.44 bits per heavy atom. The third kappa shape index (κ3) is 3.09. The smallest absolute Gasteiger partial charge is 0.169 e. The van der Waals surface area contributed by atoms with Crippen LogP contribution >= 0.6 is 15.9 Å². The van der Waals surface area contributed by atoms with Crippen LogP contribution in [-0.2, 0) is 0 Å². The van der Waals surface area contributed by atoms with Crippen molar-refractivity contribution in [1.82, 2.24) is 10.2 Å². The SMILES string of the molecule is CC(NC1CCN(C)CC1)c1ccc(Br)o1. The summed E-state index contributed by atoms with van der Waals surface area (Å²) < 4.78 is 6.36. The van der Waals surface area contributed by atoms with E-state index in [-0.39, 0.29) is 0 Å². The molecule has 2 heterocycles. The summed E-state index contributed by atoms with van der Waals surface area (Å²) in [6.45, 7) is 4.53. The summed E-state index contributed by atoms with van der Waals surface area (Å²) in [5.74, 6) is 1.01. The maximum absolute atomic E-state index is 5.55. The Hall–Kier alpha value is -0.320. The summed E-state index contributed by atoms with van der Waals surface area (Å²) in [7, 11) is 2.18. The molecule has 90 valence electrons. The number of likely N-dealkylation sites (tertiary alicyclic amines) is 1. The van der Waals surface area contributed by atoms with Gasteiger partial charge in [-0.2, -0.15) is 0 Å². The first-order chi connectivity index (χ1) is 7.65. The minimum Gasteiger partial charge on any atom is -0.453 e. The molecule has 3 nitrogen and oxygen atoms in total. The molecule has 1 aliphatic rings. The predicted octanol–water partition coefficient (Wildman–Crippen LogP) is 2.79. The highest BCUT2D eigenvalue weighted by atomic mass is 79.9. The number of nitrogens with one attached hydrogen (secondary N) is 1. The van der Waals surface area contributed by atoms with Crippen LogP contribution < -0.4 is 5.32 Å². The van der Waals surface area contributed by atoms with Crippen molar-refractivity contribution < 1.29 is 4.42 Å². The first-order valence-corrected chi connectivity index (χ1v) is 6.64.